The summed E-state index contributed by atoms with van der Waals surface area (Å²) < 4.78 is 0. The summed E-state index contributed by atoms with van der Waals surface area (Å²) in [6, 6.07) is 19.1. The van der Waals surface area contributed by atoms with Crippen LogP contribution in [0, 0.1) is 6.08 Å². The SMILES string of the molecule is CC(C)(C)c1ccc2[cH-]c3ccc(C(C)(C)C)cc3c2c1.CC[Si](=[Zr+2])CC.[C-]1=CC=CC1.[Cl-].[Cl-]. The van der Waals surface area contributed by atoms with Gasteiger partial charge in [0, 0.05) is 0 Å². The average Bonchev–Trinajstić information content (AvgIpc) is 3.43. The molecule has 0 aromatic heterocycles. The smallest absolute Gasteiger partial charge is 0.109 e. The zero-order chi connectivity index (χ0) is 23.9. The molecule has 0 saturated heterocycles. The van der Waals surface area contributed by atoms with E-state index in [2.05, 4.69) is 110 Å². The van der Waals surface area contributed by atoms with Crippen LogP contribution >= 0.6 is 0 Å². The molecular formula is C30H40Cl2SiZr-2. The minimum absolute atomic E-state index is 0. The molecule has 3 aromatic carbocycles. The molecule has 184 valence electrons. The monoisotopic (exact) mass is 588 g/mol. The summed E-state index contributed by atoms with van der Waals surface area (Å²) in [5.74, 6) is 0. The van der Waals surface area contributed by atoms with E-state index in [-0.39, 0.29) is 41.1 Å². The first-order valence-corrected chi connectivity index (χ1v) is 17.5. The van der Waals surface area contributed by atoms with Gasteiger partial charge in [0.05, 0.1) is 0 Å². The third-order valence-electron chi connectivity index (χ3n) is 5.88. The summed E-state index contributed by atoms with van der Waals surface area (Å²) in [6.07, 6.45) is 10.0. The van der Waals surface area contributed by atoms with Crippen molar-refractivity contribution in [1.82, 2.24) is 0 Å². The third kappa shape index (κ3) is 9.85. The summed E-state index contributed by atoms with van der Waals surface area (Å²) >= 11 is 1.80. The van der Waals surface area contributed by atoms with Crippen molar-refractivity contribution in [3.05, 3.63) is 77.9 Å². The molecule has 1 aliphatic rings. The maximum absolute atomic E-state index is 2.99. The average molecular weight is 591 g/mol. The second-order valence-corrected chi connectivity index (χ2v) is 18.4. The van der Waals surface area contributed by atoms with Crippen LogP contribution in [0.5, 0.6) is 0 Å². The quantitative estimate of drug-likeness (QED) is 0.318. The molecule has 1 aliphatic carbocycles. The fourth-order valence-electron chi connectivity index (χ4n) is 3.52. The Kier molecular flexibility index (Phi) is 14.7. The van der Waals surface area contributed by atoms with Gasteiger partial charge in [-0.25, -0.2) is 12.2 Å². The van der Waals surface area contributed by atoms with E-state index in [1.165, 1.54) is 44.8 Å². The van der Waals surface area contributed by atoms with E-state index < -0.39 is 0 Å². The normalized spacial score (nSPS) is 12.3. The molecule has 0 unspecified atom stereocenters. The molecule has 0 saturated carbocycles. The van der Waals surface area contributed by atoms with Crippen molar-refractivity contribution in [3.8, 4) is 0 Å². The number of hydrogen-bond donors (Lipinski definition) is 0. The molecule has 3 aromatic rings. The van der Waals surface area contributed by atoms with Crippen LogP contribution in [0.1, 0.15) is 72.9 Å². The fourth-order valence-corrected chi connectivity index (χ4v) is 4.02. The molecule has 0 bridgehead atoms. The van der Waals surface area contributed by atoms with E-state index in [9.17, 15) is 0 Å². The van der Waals surface area contributed by atoms with Gasteiger partial charge in [0.2, 0.25) is 0 Å². The largest absolute Gasteiger partial charge is 1.00 e. The Labute approximate surface area is 236 Å². The molecule has 0 aliphatic heterocycles. The third-order valence-corrected chi connectivity index (χ3v) is 12.8. The molecule has 0 spiro atoms. The predicted molar refractivity (Wildman–Crippen MR) is 143 cm³/mol. The Morgan fingerprint density at radius 2 is 1.26 bits per heavy atom. The maximum Gasteiger partial charge on any atom is -0.109 e. The van der Waals surface area contributed by atoms with Gasteiger partial charge >= 0.3 is 54.7 Å². The van der Waals surface area contributed by atoms with Crippen molar-refractivity contribution in [1.29, 1.82) is 0 Å². The molecule has 4 rings (SSSR count). The summed E-state index contributed by atoms with van der Waals surface area (Å²) in [5.41, 5.74) is 3.42. The molecule has 0 nitrogen and oxygen atoms in total. The van der Waals surface area contributed by atoms with Crippen molar-refractivity contribution in [3.63, 3.8) is 0 Å². The van der Waals surface area contributed by atoms with Crippen molar-refractivity contribution in [2.45, 2.75) is 84.7 Å². The van der Waals surface area contributed by atoms with Gasteiger partial charge in [-0.05, 0) is 10.8 Å². The Bertz CT molecular complexity index is 1020. The van der Waals surface area contributed by atoms with E-state index in [4.69, 9.17) is 0 Å². The van der Waals surface area contributed by atoms with Gasteiger partial charge in [0.25, 0.3) is 0 Å². The second kappa shape index (κ2) is 14.9. The van der Waals surface area contributed by atoms with E-state index in [1.54, 1.807) is 23.3 Å². The Morgan fingerprint density at radius 1 is 0.824 bits per heavy atom. The van der Waals surface area contributed by atoms with Gasteiger partial charge in [-0.15, -0.1) is 46.2 Å². The molecule has 0 atom stereocenters. The molecule has 0 fully saturated rings. The number of hydrogen-bond acceptors (Lipinski definition) is 0. The van der Waals surface area contributed by atoms with Gasteiger partial charge < -0.3 is 24.8 Å². The van der Waals surface area contributed by atoms with Crippen molar-refractivity contribution >= 4 is 27.0 Å². The summed E-state index contributed by atoms with van der Waals surface area (Å²) in [5, 5.41) is 5.49. The minimum atomic E-state index is 0. The second-order valence-electron chi connectivity index (χ2n) is 10.6. The summed E-state index contributed by atoms with van der Waals surface area (Å²) in [7, 11) is 0. The van der Waals surface area contributed by atoms with Gasteiger partial charge in [-0.2, -0.15) is 6.08 Å². The van der Waals surface area contributed by atoms with Crippen molar-refractivity contribution in [2.24, 2.45) is 0 Å². The van der Waals surface area contributed by atoms with Crippen LogP contribution < -0.4 is 24.8 Å². The molecule has 0 heterocycles. The van der Waals surface area contributed by atoms with E-state index in [1.807, 2.05) is 12.2 Å². The Morgan fingerprint density at radius 3 is 1.50 bits per heavy atom. The van der Waals surface area contributed by atoms with E-state index in [0.717, 1.165) is 6.42 Å². The topological polar surface area (TPSA) is 0 Å². The van der Waals surface area contributed by atoms with Crippen LogP contribution in [-0.2, 0) is 34.2 Å². The first kappa shape index (κ1) is 33.5. The molecule has 34 heavy (non-hydrogen) atoms. The van der Waals surface area contributed by atoms with Crippen LogP contribution in [0.25, 0.3) is 21.5 Å². The fraction of sp³-hybridized carbons (Fsp3) is 0.433. The first-order chi connectivity index (χ1) is 15.0. The summed E-state index contributed by atoms with van der Waals surface area (Å²) in [4.78, 5) is 0. The standard InChI is InChI=1S/C21H25.C5H5.C4H10Si.2ClH.Zr/c1-20(2,3)16-9-7-14-11-15-8-10-17(21(4,5)6)13-19(15)18(14)12-16;1-2-4-5-3-1;1-3-5-4-2;;;/h7-13H,1-6H3;1-3H,4H2;3-4H2,1-2H3;2*1H;/q2*-1;;;;+2/p-2. The molecule has 0 amide bonds. The number of fused-ring (bicyclic) bond motifs is 3. The van der Waals surface area contributed by atoms with Crippen molar-refractivity contribution in [2.75, 3.05) is 0 Å². The zero-order valence-corrected chi connectivity index (χ0v) is 27.1. The van der Waals surface area contributed by atoms with Crippen molar-refractivity contribution < 1.29 is 48.1 Å². The maximum atomic E-state index is 2.99. The van der Waals surface area contributed by atoms with E-state index in [0.29, 0.717) is 0 Å². The number of halogens is 2. The number of allylic oxidation sites excluding steroid dienone is 4. The number of benzene rings is 2. The van der Waals surface area contributed by atoms with Crippen LogP contribution in [0.15, 0.2) is 60.7 Å². The Hall–Kier alpha value is -0.530. The van der Waals surface area contributed by atoms with Crippen LogP contribution in [0.3, 0.4) is 0 Å². The first-order valence-electron chi connectivity index (χ1n) is 11.9. The molecule has 0 N–H and O–H groups in total. The molecule has 4 heteroatoms. The van der Waals surface area contributed by atoms with Gasteiger partial charge in [0.15, 0.2) is 0 Å². The van der Waals surface area contributed by atoms with Crippen LogP contribution in [0.4, 0.5) is 0 Å². The molecular weight excluding hydrogens is 551 g/mol. The molecule has 0 radical (unpaired) electrons. The Balaban J connectivity index is 0.000000700. The minimum Gasteiger partial charge on any atom is -1.00 e. The zero-order valence-electron chi connectivity index (χ0n) is 22.2. The van der Waals surface area contributed by atoms with Gasteiger partial charge in [0.1, 0.15) is 0 Å². The van der Waals surface area contributed by atoms with E-state index >= 15 is 0 Å². The van der Waals surface area contributed by atoms with Gasteiger partial charge in [-0.3, -0.25) is 6.08 Å². The summed E-state index contributed by atoms with van der Waals surface area (Å²) in [6.45, 7) is 18.3. The number of rotatable bonds is 2. The van der Waals surface area contributed by atoms with Crippen LogP contribution in [0.2, 0.25) is 12.1 Å². The predicted octanol–water partition coefficient (Wildman–Crippen LogP) is 3.19. The van der Waals surface area contributed by atoms with Crippen LogP contribution in [-0.4, -0.2) is 5.43 Å². The van der Waals surface area contributed by atoms with Gasteiger partial charge in [-0.1, -0.05) is 76.9 Å².